The van der Waals surface area contributed by atoms with Gasteiger partial charge in [-0.2, -0.15) is 0 Å². The SMILES string of the molecule is C=CC(=O)OCC.N#N. The van der Waals surface area contributed by atoms with E-state index in [2.05, 4.69) is 11.3 Å². The number of carbonyl (C=O) groups is 1. The van der Waals surface area contributed by atoms with Crippen molar-refractivity contribution in [1.29, 1.82) is 10.8 Å². The third-order valence-corrected chi connectivity index (χ3v) is 0.453. The van der Waals surface area contributed by atoms with Crippen LogP contribution in [0.3, 0.4) is 0 Å². The normalized spacial score (nSPS) is 6.11. The molecule has 0 atom stereocenters. The summed E-state index contributed by atoms with van der Waals surface area (Å²) in [5.41, 5.74) is 0. The van der Waals surface area contributed by atoms with Gasteiger partial charge in [-0.3, -0.25) is 0 Å². The molecule has 0 saturated heterocycles. The highest BCUT2D eigenvalue weighted by Gasteiger charge is 1.86. The molecule has 0 bridgehead atoms. The van der Waals surface area contributed by atoms with Crippen molar-refractivity contribution in [3.63, 3.8) is 0 Å². The molecule has 0 fully saturated rings. The Balaban J connectivity index is 0. The van der Waals surface area contributed by atoms with Crippen LogP contribution in [-0.4, -0.2) is 12.6 Å². The van der Waals surface area contributed by atoms with Crippen LogP contribution in [0.5, 0.6) is 0 Å². The van der Waals surface area contributed by atoms with E-state index in [1.165, 1.54) is 0 Å². The Hall–Kier alpha value is -1.37. The molecule has 0 unspecified atom stereocenters. The molecule has 0 aliphatic carbocycles. The average Bonchev–Trinajstić information content (AvgIpc) is 1.93. The Morgan fingerprint density at radius 2 is 2.22 bits per heavy atom. The summed E-state index contributed by atoms with van der Waals surface area (Å²) < 4.78 is 4.43. The molecule has 0 radical (unpaired) electrons. The van der Waals surface area contributed by atoms with E-state index in [4.69, 9.17) is 10.8 Å². The molecule has 0 amide bonds. The van der Waals surface area contributed by atoms with Crippen LogP contribution >= 0.6 is 0 Å². The molecule has 0 N–H and O–H groups in total. The van der Waals surface area contributed by atoms with E-state index in [-0.39, 0.29) is 5.97 Å². The van der Waals surface area contributed by atoms with Crippen molar-refractivity contribution in [2.24, 2.45) is 0 Å². The van der Waals surface area contributed by atoms with Crippen LogP contribution in [0, 0.1) is 10.8 Å². The van der Waals surface area contributed by atoms with Gasteiger partial charge in [0.1, 0.15) is 0 Å². The Bertz CT molecular complexity index is 109. The molecular weight excluding hydrogens is 120 g/mol. The third-order valence-electron chi connectivity index (χ3n) is 0.453. The summed E-state index contributed by atoms with van der Waals surface area (Å²) in [6.07, 6.45) is 1.14. The maximum absolute atomic E-state index is 10.1. The summed E-state index contributed by atoms with van der Waals surface area (Å²) in [4.78, 5) is 10.1. The van der Waals surface area contributed by atoms with E-state index >= 15 is 0 Å². The van der Waals surface area contributed by atoms with Gasteiger partial charge in [-0.25, -0.2) is 4.79 Å². The molecule has 0 aromatic rings. The van der Waals surface area contributed by atoms with Gasteiger partial charge in [0, 0.05) is 16.9 Å². The summed E-state index contributed by atoms with van der Waals surface area (Å²) in [6, 6.07) is 0. The average molecular weight is 128 g/mol. The van der Waals surface area contributed by atoms with Crippen molar-refractivity contribution >= 4 is 5.97 Å². The third kappa shape index (κ3) is 10.8. The van der Waals surface area contributed by atoms with E-state index in [1.807, 2.05) is 0 Å². The summed E-state index contributed by atoms with van der Waals surface area (Å²) in [6.45, 7) is 5.38. The first-order chi connectivity index (χ1) is 4.31. The first kappa shape index (κ1) is 10.6. The van der Waals surface area contributed by atoms with Gasteiger partial charge in [0.15, 0.2) is 0 Å². The second kappa shape index (κ2) is 9.80. The smallest absolute Gasteiger partial charge is 0.330 e. The molecule has 50 valence electrons. The van der Waals surface area contributed by atoms with Crippen molar-refractivity contribution in [3.8, 4) is 0 Å². The minimum Gasteiger partial charge on any atom is -0.463 e. The number of rotatable bonds is 2. The molecule has 0 heterocycles. The van der Waals surface area contributed by atoms with Crippen molar-refractivity contribution in [3.05, 3.63) is 12.7 Å². The Morgan fingerprint density at radius 1 is 1.78 bits per heavy atom. The fraction of sp³-hybridized carbons (Fsp3) is 0.400. The van der Waals surface area contributed by atoms with E-state index in [1.54, 1.807) is 6.92 Å². The van der Waals surface area contributed by atoms with Gasteiger partial charge in [0.05, 0.1) is 6.61 Å². The molecule has 0 rings (SSSR count). The summed E-state index contributed by atoms with van der Waals surface area (Å²) in [5.74, 6) is -0.359. The molecule has 4 heteroatoms. The summed E-state index contributed by atoms with van der Waals surface area (Å²) in [5, 5.41) is 12.0. The number of nitrogens with zero attached hydrogens (tertiary/aromatic N) is 2. The lowest BCUT2D eigenvalue weighted by Gasteiger charge is -1.90. The zero-order chi connectivity index (χ0) is 7.70. The van der Waals surface area contributed by atoms with Gasteiger partial charge in [-0.1, -0.05) is 6.58 Å². The van der Waals surface area contributed by atoms with Crippen LogP contribution in [0.25, 0.3) is 0 Å². The molecule has 0 aliphatic heterocycles. The van der Waals surface area contributed by atoms with Crippen molar-refractivity contribution in [1.82, 2.24) is 0 Å². The van der Waals surface area contributed by atoms with Crippen LogP contribution in [-0.2, 0) is 9.53 Å². The number of esters is 1. The highest BCUT2D eigenvalue weighted by Crippen LogP contribution is 1.74. The largest absolute Gasteiger partial charge is 0.463 e. The first-order valence-electron chi connectivity index (χ1n) is 2.30. The molecule has 4 nitrogen and oxygen atoms in total. The fourth-order valence-electron chi connectivity index (χ4n) is 0.201. The van der Waals surface area contributed by atoms with E-state index < -0.39 is 0 Å². The predicted octanol–water partition coefficient (Wildman–Crippen LogP) is 0.766. The summed E-state index contributed by atoms with van der Waals surface area (Å²) in [7, 11) is 0. The number of hydrogen-bond donors (Lipinski definition) is 0. The maximum atomic E-state index is 10.1. The molecule has 0 aromatic carbocycles. The lowest BCUT2D eigenvalue weighted by atomic mass is 10.6. The first-order valence-corrected chi connectivity index (χ1v) is 2.30. The van der Waals surface area contributed by atoms with Crippen molar-refractivity contribution in [2.75, 3.05) is 6.61 Å². The van der Waals surface area contributed by atoms with Gasteiger partial charge in [-0.05, 0) is 6.92 Å². The lowest BCUT2D eigenvalue weighted by Crippen LogP contribution is -1.97. The Labute approximate surface area is 53.5 Å². The molecular formula is C5H8N2O2. The zero-order valence-corrected chi connectivity index (χ0v) is 5.20. The Morgan fingerprint density at radius 3 is 2.33 bits per heavy atom. The number of ether oxygens (including phenoxy) is 1. The minimum absolute atomic E-state index is 0.359. The van der Waals surface area contributed by atoms with E-state index in [0.29, 0.717) is 6.61 Å². The second-order valence-electron chi connectivity index (χ2n) is 0.956. The number of carbonyl (C=O) groups excluding carboxylic acids is 1. The minimum atomic E-state index is -0.359. The lowest BCUT2D eigenvalue weighted by molar-refractivity contribution is -0.137. The maximum Gasteiger partial charge on any atom is 0.330 e. The van der Waals surface area contributed by atoms with Crippen LogP contribution in [0.2, 0.25) is 0 Å². The highest BCUT2D eigenvalue weighted by atomic mass is 16.5. The quantitative estimate of drug-likeness (QED) is 0.312. The van der Waals surface area contributed by atoms with E-state index in [9.17, 15) is 4.79 Å². The van der Waals surface area contributed by atoms with Gasteiger partial charge < -0.3 is 4.74 Å². The van der Waals surface area contributed by atoms with Crippen LogP contribution in [0.4, 0.5) is 0 Å². The zero-order valence-electron chi connectivity index (χ0n) is 5.20. The fourth-order valence-corrected chi connectivity index (χ4v) is 0.201. The molecule has 0 aromatic heterocycles. The monoisotopic (exact) mass is 128 g/mol. The van der Waals surface area contributed by atoms with Crippen LogP contribution < -0.4 is 0 Å². The Kier molecular flexibility index (Phi) is 11.5. The molecule has 0 spiro atoms. The second-order valence-corrected chi connectivity index (χ2v) is 0.956. The number of hydrogen-bond acceptors (Lipinski definition) is 4. The van der Waals surface area contributed by atoms with Gasteiger partial charge in [-0.15, -0.1) is 0 Å². The van der Waals surface area contributed by atoms with Gasteiger partial charge in [0.2, 0.25) is 0 Å². The van der Waals surface area contributed by atoms with Crippen LogP contribution in [0.1, 0.15) is 6.92 Å². The topological polar surface area (TPSA) is 73.9 Å². The van der Waals surface area contributed by atoms with E-state index in [0.717, 1.165) is 6.08 Å². The standard InChI is InChI=1S/C5H8O2.N2/c1-3-5(6)7-4-2;1-2/h3H,1,4H2,2H3;. The molecule has 0 aliphatic rings. The predicted molar refractivity (Wildman–Crippen MR) is 30.3 cm³/mol. The van der Waals surface area contributed by atoms with Crippen molar-refractivity contribution in [2.45, 2.75) is 6.92 Å². The van der Waals surface area contributed by atoms with Crippen LogP contribution in [0.15, 0.2) is 12.7 Å². The molecule has 0 saturated carbocycles. The van der Waals surface area contributed by atoms with Crippen molar-refractivity contribution < 1.29 is 9.53 Å². The van der Waals surface area contributed by atoms with Gasteiger partial charge >= 0.3 is 5.97 Å². The van der Waals surface area contributed by atoms with Gasteiger partial charge in [0.25, 0.3) is 0 Å². The summed E-state index contributed by atoms with van der Waals surface area (Å²) >= 11 is 0. The highest BCUT2D eigenvalue weighted by molar-refractivity contribution is 5.81. The molecule has 9 heavy (non-hydrogen) atoms.